The normalized spacial score (nSPS) is 41.8. The van der Waals surface area contributed by atoms with Crippen molar-refractivity contribution < 1.29 is 5.11 Å². The van der Waals surface area contributed by atoms with Crippen LogP contribution in [0.3, 0.4) is 0 Å². The summed E-state index contributed by atoms with van der Waals surface area (Å²) in [5, 5.41) is 10.7. The second-order valence-electron chi connectivity index (χ2n) is 12.2. The number of rotatable bonds is 3. The van der Waals surface area contributed by atoms with Gasteiger partial charge in [-0.3, -0.25) is 0 Å². The van der Waals surface area contributed by atoms with Gasteiger partial charge in [0, 0.05) is 0 Å². The molecule has 4 aliphatic carbocycles. The van der Waals surface area contributed by atoms with Crippen LogP contribution in [0.2, 0.25) is 0 Å². The monoisotopic (exact) mass is 396 g/mol. The molecule has 4 aliphatic rings. The molecule has 1 fully saturated rings. The molecular formula is C28H44O. The van der Waals surface area contributed by atoms with E-state index in [0.717, 1.165) is 18.3 Å². The molecule has 1 saturated carbocycles. The Balaban J connectivity index is 1.66. The second-order valence-corrected chi connectivity index (χ2v) is 12.2. The van der Waals surface area contributed by atoms with E-state index in [1.807, 2.05) is 0 Å². The topological polar surface area (TPSA) is 20.2 Å². The van der Waals surface area contributed by atoms with Crippen molar-refractivity contribution in [2.24, 2.45) is 34.0 Å². The highest BCUT2D eigenvalue weighted by atomic mass is 16.3. The van der Waals surface area contributed by atoms with E-state index in [2.05, 4.69) is 60.6 Å². The molecule has 0 aliphatic heterocycles. The average molecular weight is 397 g/mol. The van der Waals surface area contributed by atoms with Gasteiger partial charge in [-0.05, 0) is 110 Å². The first kappa shape index (κ1) is 21.4. The number of allylic oxidation sites excluding steroid dienone is 6. The van der Waals surface area contributed by atoms with Crippen LogP contribution in [0.5, 0.6) is 0 Å². The summed E-state index contributed by atoms with van der Waals surface area (Å²) in [6.07, 6.45) is 14.7. The minimum absolute atomic E-state index is 0.0394. The predicted molar refractivity (Wildman–Crippen MR) is 124 cm³/mol. The molecule has 0 bridgehead atoms. The largest absolute Gasteiger partial charge is 0.393 e. The van der Waals surface area contributed by atoms with Crippen LogP contribution in [0.15, 0.2) is 34.4 Å². The van der Waals surface area contributed by atoms with Gasteiger partial charge >= 0.3 is 0 Å². The Labute approximate surface area is 179 Å². The number of hydrogen-bond donors (Lipinski definition) is 1. The summed E-state index contributed by atoms with van der Waals surface area (Å²) < 4.78 is 0. The molecule has 1 nitrogen and oxygen atoms in total. The van der Waals surface area contributed by atoms with Crippen LogP contribution < -0.4 is 0 Å². The van der Waals surface area contributed by atoms with E-state index in [1.165, 1.54) is 50.5 Å². The third kappa shape index (κ3) is 3.13. The SMILES string of the molecule is CC(C)=CC[C@@H](C)[C@H]1CC=C2C3=C(CC[C@@]21C)[C@@]1(C)CC[C@@H](O)C(C)(C)C1CC3. The van der Waals surface area contributed by atoms with Crippen molar-refractivity contribution in [3.05, 3.63) is 34.4 Å². The zero-order valence-electron chi connectivity index (χ0n) is 20.1. The summed E-state index contributed by atoms with van der Waals surface area (Å²) in [5.41, 5.74) is 7.44. The third-order valence-corrected chi connectivity index (χ3v) is 10.0. The van der Waals surface area contributed by atoms with Crippen molar-refractivity contribution in [2.75, 3.05) is 0 Å². The molecule has 0 aromatic carbocycles. The molecule has 6 atom stereocenters. The molecule has 1 heteroatoms. The predicted octanol–water partition coefficient (Wildman–Crippen LogP) is 7.62. The minimum Gasteiger partial charge on any atom is -0.393 e. The lowest BCUT2D eigenvalue weighted by molar-refractivity contribution is -0.0905. The van der Waals surface area contributed by atoms with Crippen molar-refractivity contribution in [2.45, 2.75) is 106 Å². The lowest BCUT2D eigenvalue weighted by atomic mass is 9.46. The Kier molecular flexibility index (Phi) is 5.25. The Morgan fingerprint density at radius 1 is 1.10 bits per heavy atom. The smallest absolute Gasteiger partial charge is 0.0594 e. The van der Waals surface area contributed by atoms with Crippen LogP contribution in [0, 0.1) is 34.0 Å². The Bertz CT molecular complexity index is 761. The molecule has 0 saturated heterocycles. The molecule has 4 rings (SSSR count). The molecule has 0 heterocycles. The summed E-state index contributed by atoms with van der Waals surface area (Å²) >= 11 is 0. The van der Waals surface area contributed by atoms with Gasteiger partial charge in [0.2, 0.25) is 0 Å². The van der Waals surface area contributed by atoms with Crippen LogP contribution in [-0.4, -0.2) is 11.2 Å². The molecule has 162 valence electrons. The minimum atomic E-state index is -0.136. The first-order valence-corrected chi connectivity index (χ1v) is 12.3. The second kappa shape index (κ2) is 7.11. The summed E-state index contributed by atoms with van der Waals surface area (Å²) in [6.45, 7) is 16.7. The fourth-order valence-electron chi connectivity index (χ4n) is 8.16. The summed E-state index contributed by atoms with van der Waals surface area (Å²) in [5.74, 6) is 2.16. The van der Waals surface area contributed by atoms with E-state index < -0.39 is 0 Å². The zero-order valence-corrected chi connectivity index (χ0v) is 20.1. The fourth-order valence-corrected chi connectivity index (χ4v) is 8.16. The number of hydrogen-bond acceptors (Lipinski definition) is 1. The van der Waals surface area contributed by atoms with Crippen molar-refractivity contribution in [3.8, 4) is 0 Å². The van der Waals surface area contributed by atoms with Crippen molar-refractivity contribution in [1.29, 1.82) is 0 Å². The molecule has 0 spiro atoms. The van der Waals surface area contributed by atoms with Crippen LogP contribution in [-0.2, 0) is 0 Å². The van der Waals surface area contributed by atoms with Crippen molar-refractivity contribution in [3.63, 3.8) is 0 Å². The highest BCUT2D eigenvalue weighted by molar-refractivity contribution is 5.49. The molecule has 29 heavy (non-hydrogen) atoms. The Hall–Kier alpha value is -0.820. The van der Waals surface area contributed by atoms with E-state index >= 15 is 0 Å². The molecule has 0 radical (unpaired) electrons. The number of aliphatic hydroxyl groups excluding tert-OH is 1. The molecule has 1 unspecified atom stereocenters. The van der Waals surface area contributed by atoms with Gasteiger partial charge in [-0.25, -0.2) is 0 Å². The lowest BCUT2D eigenvalue weighted by Crippen LogP contribution is -2.53. The summed E-state index contributed by atoms with van der Waals surface area (Å²) in [7, 11) is 0. The van der Waals surface area contributed by atoms with Gasteiger partial charge in [0.1, 0.15) is 0 Å². The van der Waals surface area contributed by atoms with Gasteiger partial charge in [0.15, 0.2) is 0 Å². The maximum atomic E-state index is 10.7. The van der Waals surface area contributed by atoms with Gasteiger partial charge in [0.05, 0.1) is 6.10 Å². The van der Waals surface area contributed by atoms with Crippen LogP contribution >= 0.6 is 0 Å². The fraction of sp³-hybridized carbons (Fsp3) is 0.786. The van der Waals surface area contributed by atoms with E-state index in [0.29, 0.717) is 16.7 Å². The van der Waals surface area contributed by atoms with Crippen LogP contribution in [0.1, 0.15) is 99.8 Å². The average Bonchev–Trinajstić information content (AvgIpc) is 3.00. The van der Waals surface area contributed by atoms with E-state index in [4.69, 9.17) is 0 Å². The maximum absolute atomic E-state index is 10.7. The lowest BCUT2D eigenvalue weighted by Gasteiger charge is -2.59. The molecular weight excluding hydrogens is 352 g/mol. The van der Waals surface area contributed by atoms with Gasteiger partial charge in [-0.2, -0.15) is 0 Å². The Morgan fingerprint density at radius 2 is 1.83 bits per heavy atom. The Morgan fingerprint density at radius 3 is 2.52 bits per heavy atom. The highest BCUT2D eigenvalue weighted by Gasteiger charge is 2.57. The summed E-state index contributed by atoms with van der Waals surface area (Å²) in [6, 6.07) is 0. The van der Waals surface area contributed by atoms with Crippen molar-refractivity contribution in [1.82, 2.24) is 0 Å². The first-order valence-electron chi connectivity index (χ1n) is 12.3. The standard InChI is InChI=1S/C28H44O/c1-18(2)8-9-19(3)21-11-12-22-20-10-13-24-26(4,5)25(29)15-17-28(24,7)23(20)14-16-27(21,22)6/h8,12,19,21,24-25,29H,9-11,13-17H2,1-7H3/t19-,21-,24?,25-,27-,28-/m1/s1. The van der Waals surface area contributed by atoms with E-state index in [1.54, 1.807) is 16.7 Å². The van der Waals surface area contributed by atoms with E-state index in [9.17, 15) is 5.11 Å². The zero-order chi connectivity index (χ0) is 21.2. The van der Waals surface area contributed by atoms with Crippen LogP contribution in [0.25, 0.3) is 0 Å². The third-order valence-electron chi connectivity index (χ3n) is 10.0. The molecule has 0 aromatic rings. The van der Waals surface area contributed by atoms with Gasteiger partial charge in [-0.1, -0.05) is 57.9 Å². The first-order chi connectivity index (χ1) is 13.5. The van der Waals surface area contributed by atoms with Crippen molar-refractivity contribution >= 4 is 0 Å². The summed E-state index contributed by atoms with van der Waals surface area (Å²) in [4.78, 5) is 0. The van der Waals surface area contributed by atoms with Crippen LogP contribution in [0.4, 0.5) is 0 Å². The number of fused-ring (bicyclic) bond motifs is 4. The highest BCUT2D eigenvalue weighted by Crippen LogP contribution is 2.66. The van der Waals surface area contributed by atoms with Gasteiger partial charge < -0.3 is 5.11 Å². The maximum Gasteiger partial charge on any atom is 0.0594 e. The van der Waals surface area contributed by atoms with Gasteiger partial charge in [-0.15, -0.1) is 0 Å². The van der Waals surface area contributed by atoms with E-state index in [-0.39, 0.29) is 11.5 Å². The van der Waals surface area contributed by atoms with Gasteiger partial charge in [0.25, 0.3) is 0 Å². The molecule has 1 N–H and O–H groups in total. The number of aliphatic hydroxyl groups is 1. The molecule has 0 amide bonds. The quantitative estimate of drug-likeness (QED) is 0.486. The molecule has 0 aromatic heterocycles.